The second kappa shape index (κ2) is 6.97. The van der Waals surface area contributed by atoms with Crippen LogP contribution in [0.15, 0.2) is 64.1 Å². The van der Waals surface area contributed by atoms with E-state index in [1.165, 1.54) is 0 Å². The molecule has 0 atom stereocenters. The maximum atomic E-state index is 12.7. The largest absolute Gasteiger partial charge is 0.508 e. The highest BCUT2D eigenvalue weighted by Gasteiger charge is 2.20. The van der Waals surface area contributed by atoms with Gasteiger partial charge in [-0.1, -0.05) is 40.2 Å². The first-order valence-corrected chi connectivity index (χ1v) is 8.41. The van der Waals surface area contributed by atoms with Gasteiger partial charge in [0.05, 0.1) is 0 Å². The molecule has 0 unspecified atom stereocenters. The van der Waals surface area contributed by atoms with Crippen molar-refractivity contribution in [3.8, 4) is 5.75 Å². The zero-order chi connectivity index (χ0) is 16.2. The van der Waals surface area contributed by atoms with Crippen molar-refractivity contribution >= 4 is 33.9 Å². The molecule has 2 aromatic carbocycles. The number of phenols is 1. The minimum Gasteiger partial charge on any atom is -0.508 e. The SMILES string of the molecule is O=C1C(=Cc2ccc(O)cc2)CCCC1=Cc1cccc(Br)c1. The van der Waals surface area contributed by atoms with E-state index < -0.39 is 0 Å². The second-order valence-corrected chi connectivity index (χ2v) is 6.58. The summed E-state index contributed by atoms with van der Waals surface area (Å²) in [5.41, 5.74) is 3.67. The number of rotatable bonds is 2. The number of halogens is 1. The molecule has 23 heavy (non-hydrogen) atoms. The van der Waals surface area contributed by atoms with Crippen molar-refractivity contribution in [2.75, 3.05) is 0 Å². The summed E-state index contributed by atoms with van der Waals surface area (Å²) in [6.45, 7) is 0. The Hall–Kier alpha value is -2.13. The predicted octanol–water partition coefficient (Wildman–Crippen LogP) is 5.37. The second-order valence-electron chi connectivity index (χ2n) is 5.67. The van der Waals surface area contributed by atoms with Gasteiger partial charge in [-0.2, -0.15) is 0 Å². The van der Waals surface area contributed by atoms with Crippen LogP contribution < -0.4 is 0 Å². The number of hydrogen-bond acceptors (Lipinski definition) is 2. The fourth-order valence-electron chi connectivity index (χ4n) is 2.75. The summed E-state index contributed by atoms with van der Waals surface area (Å²) in [6.07, 6.45) is 6.51. The molecule has 0 aromatic heterocycles. The number of hydrogen-bond donors (Lipinski definition) is 1. The molecule has 0 spiro atoms. The van der Waals surface area contributed by atoms with Crippen LogP contribution in [0.3, 0.4) is 0 Å². The minimum absolute atomic E-state index is 0.129. The van der Waals surface area contributed by atoms with Crippen LogP contribution >= 0.6 is 15.9 Å². The summed E-state index contributed by atoms with van der Waals surface area (Å²) in [4.78, 5) is 12.7. The molecule has 3 rings (SSSR count). The summed E-state index contributed by atoms with van der Waals surface area (Å²) < 4.78 is 1.01. The Morgan fingerprint density at radius 1 is 0.913 bits per heavy atom. The Kier molecular flexibility index (Phi) is 4.77. The number of aromatic hydroxyl groups is 1. The van der Waals surface area contributed by atoms with E-state index in [1.54, 1.807) is 12.1 Å². The monoisotopic (exact) mass is 368 g/mol. The van der Waals surface area contributed by atoms with Gasteiger partial charge in [0.15, 0.2) is 5.78 Å². The molecule has 0 radical (unpaired) electrons. The highest BCUT2D eigenvalue weighted by atomic mass is 79.9. The van der Waals surface area contributed by atoms with Gasteiger partial charge in [-0.05, 0) is 66.8 Å². The first-order chi connectivity index (χ1) is 11.1. The molecule has 0 bridgehead atoms. The van der Waals surface area contributed by atoms with Crippen LogP contribution in [0.2, 0.25) is 0 Å². The minimum atomic E-state index is 0.129. The van der Waals surface area contributed by atoms with Crippen molar-refractivity contribution in [2.45, 2.75) is 19.3 Å². The number of carbonyl (C=O) groups excluding carboxylic acids is 1. The molecule has 0 saturated heterocycles. The van der Waals surface area contributed by atoms with E-state index >= 15 is 0 Å². The van der Waals surface area contributed by atoms with E-state index in [0.717, 1.165) is 46.0 Å². The number of benzene rings is 2. The number of Topliss-reactive ketones (excluding diaryl/α,β-unsaturated/α-hetero) is 1. The predicted molar refractivity (Wildman–Crippen MR) is 97.1 cm³/mol. The molecule has 1 N–H and O–H groups in total. The van der Waals surface area contributed by atoms with Crippen LogP contribution in [0.4, 0.5) is 0 Å². The Balaban J connectivity index is 1.87. The Morgan fingerprint density at radius 3 is 2.22 bits per heavy atom. The lowest BCUT2D eigenvalue weighted by Crippen LogP contribution is -2.12. The van der Waals surface area contributed by atoms with Crippen molar-refractivity contribution in [2.24, 2.45) is 0 Å². The normalized spacial score (nSPS) is 18.6. The standard InChI is InChI=1S/C20H17BrO2/c21-18-6-1-3-15(13-18)12-17-5-2-4-16(20(17)23)11-14-7-9-19(22)10-8-14/h1,3,6-13,22H,2,4-5H2. The highest BCUT2D eigenvalue weighted by Crippen LogP contribution is 2.28. The number of phenolic OH excluding ortho intramolecular Hbond substituents is 1. The maximum Gasteiger partial charge on any atom is 0.185 e. The van der Waals surface area contributed by atoms with Gasteiger partial charge < -0.3 is 5.11 Å². The quantitative estimate of drug-likeness (QED) is 0.722. The molecule has 0 aliphatic heterocycles. The van der Waals surface area contributed by atoms with E-state index in [0.29, 0.717) is 0 Å². The molecule has 116 valence electrons. The lowest BCUT2D eigenvalue weighted by Gasteiger charge is -2.16. The van der Waals surface area contributed by atoms with Crippen LogP contribution in [0.25, 0.3) is 12.2 Å². The highest BCUT2D eigenvalue weighted by molar-refractivity contribution is 9.10. The molecule has 1 saturated carbocycles. The molecule has 3 heteroatoms. The van der Waals surface area contributed by atoms with Gasteiger partial charge in [0.2, 0.25) is 0 Å². The van der Waals surface area contributed by atoms with Gasteiger partial charge in [0, 0.05) is 15.6 Å². The smallest absolute Gasteiger partial charge is 0.185 e. The average Bonchev–Trinajstić information content (AvgIpc) is 2.53. The zero-order valence-electron chi connectivity index (χ0n) is 12.6. The van der Waals surface area contributed by atoms with Crippen LogP contribution in [0.5, 0.6) is 5.75 Å². The zero-order valence-corrected chi connectivity index (χ0v) is 14.2. The van der Waals surface area contributed by atoms with Gasteiger partial charge in [-0.15, -0.1) is 0 Å². The molecule has 0 amide bonds. The van der Waals surface area contributed by atoms with Crippen LogP contribution in [0, 0.1) is 0 Å². The first-order valence-electron chi connectivity index (χ1n) is 7.62. The topological polar surface area (TPSA) is 37.3 Å². The fourth-order valence-corrected chi connectivity index (χ4v) is 3.16. The Labute approximate surface area is 144 Å². The van der Waals surface area contributed by atoms with Crippen molar-refractivity contribution < 1.29 is 9.90 Å². The Bertz CT molecular complexity index is 786. The fraction of sp³-hybridized carbons (Fsp3) is 0.150. The summed E-state index contributed by atoms with van der Waals surface area (Å²) in [7, 11) is 0. The number of carbonyl (C=O) groups is 1. The lowest BCUT2D eigenvalue weighted by molar-refractivity contribution is -0.112. The molecule has 0 heterocycles. The van der Waals surface area contributed by atoms with Crippen molar-refractivity contribution in [3.05, 3.63) is 75.3 Å². The lowest BCUT2D eigenvalue weighted by atomic mass is 9.87. The van der Waals surface area contributed by atoms with Crippen molar-refractivity contribution in [1.82, 2.24) is 0 Å². The van der Waals surface area contributed by atoms with E-state index in [9.17, 15) is 9.90 Å². The number of ketones is 1. The first kappa shape index (κ1) is 15.8. The van der Waals surface area contributed by atoms with E-state index in [1.807, 2.05) is 48.6 Å². The Morgan fingerprint density at radius 2 is 1.57 bits per heavy atom. The van der Waals surface area contributed by atoms with Crippen molar-refractivity contribution in [1.29, 1.82) is 0 Å². The van der Waals surface area contributed by atoms with Gasteiger partial charge >= 0.3 is 0 Å². The summed E-state index contributed by atoms with van der Waals surface area (Å²) in [5, 5.41) is 9.34. The molecule has 2 nitrogen and oxygen atoms in total. The van der Waals surface area contributed by atoms with E-state index in [4.69, 9.17) is 0 Å². The third-order valence-corrected chi connectivity index (χ3v) is 4.39. The average molecular weight is 369 g/mol. The molecule has 2 aromatic rings. The maximum absolute atomic E-state index is 12.7. The third kappa shape index (κ3) is 3.99. The molecular weight excluding hydrogens is 352 g/mol. The van der Waals surface area contributed by atoms with Gasteiger partial charge in [-0.3, -0.25) is 4.79 Å². The summed E-state index contributed by atoms with van der Waals surface area (Å²) >= 11 is 3.46. The van der Waals surface area contributed by atoms with E-state index in [-0.39, 0.29) is 11.5 Å². The van der Waals surface area contributed by atoms with Gasteiger partial charge in [0.1, 0.15) is 5.75 Å². The molecule has 1 aliphatic carbocycles. The summed E-state index contributed by atoms with van der Waals surface area (Å²) in [6, 6.07) is 14.9. The third-order valence-electron chi connectivity index (χ3n) is 3.90. The van der Waals surface area contributed by atoms with Crippen LogP contribution in [0.1, 0.15) is 30.4 Å². The summed E-state index contributed by atoms with van der Waals surface area (Å²) in [5.74, 6) is 0.363. The van der Waals surface area contributed by atoms with Gasteiger partial charge in [-0.25, -0.2) is 0 Å². The van der Waals surface area contributed by atoms with Crippen LogP contribution in [-0.4, -0.2) is 10.9 Å². The van der Waals surface area contributed by atoms with E-state index in [2.05, 4.69) is 15.9 Å². The van der Waals surface area contributed by atoms with Gasteiger partial charge in [0.25, 0.3) is 0 Å². The molecule has 1 fully saturated rings. The molecule has 1 aliphatic rings. The molecular formula is C20H17BrO2. The van der Waals surface area contributed by atoms with Crippen molar-refractivity contribution in [3.63, 3.8) is 0 Å². The number of allylic oxidation sites excluding steroid dienone is 2. The van der Waals surface area contributed by atoms with Crippen LogP contribution in [-0.2, 0) is 4.79 Å².